The van der Waals surface area contributed by atoms with Crippen LogP contribution in [0.15, 0.2) is 29.1 Å². The highest BCUT2D eigenvalue weighted by Gasteiger charge is 2.22. The molecule has 1 amide bonds. The minimum absolute atomic E-state index is 0.0408. The number of nitrogens with zero attached hydrogens (tertiary/aromatic N) is 2. The number of aryl methyl sites for hydroxylation is 1. The summed E-state index contributed by atoms with van der Waals surface area (Å²) in [4.78, 5) is 30.9. The van der Waals surface area contributed by atoms with Gasteiger partial charge in [0.15, 0.2) is 0 Å². The average Bonchev–Trinajstić information content (AvgIpc) is 2.56. The lowest BCUT2D eigenvalue weighted by atomic mass is 10.1. The van der Waals surface area contributed by atoms with Crippen LogP contribution >= 0.6 is 0 Å². The second kappa shape index (κ2) is 7.05. The number of rotatable bonds is 3. The van der Waals surface area contributed by atoms with Gasteiger partial charge in [0.2, 0.25) is 0 Å². The number of benzene rings is 1. The van der Waals surface area contributed by atoms with Crippen LogP contribution < -0.4 is 5.56 Å². The number of nitrogens with one attached hydrogen (secondary N) is 1. The first-order valence-corrected chi connectivity index (χ1v) is 8.33. The highest BCUT2D eigenvalue weighted by molar-refractivity contribution is 5.79. The predicted molar refractivity (Wildman–Crippen MR) is 93.2 cm³/mol. The van der Waals surface area contributed by atoms with Crippen molar-refractivity contribution in [1.82, 2.24) is 14.8 Å². The van der Waals surface area contributed by atoms with Crippen molar-refractivity contribution in [3.05, 3.63) is 45.7 Å². The maximum absolute atomic E-state index is 12.3. The normalized spacial score (nSPS) is 15.7. The lowest BCUT2D eigenvalue weighted by Crippen LogP contribution is -2.48. The average molecular weight is 329 g/mol. The molecule has 0 unspecified atom stereocenters. The van der Waals surface area contributed by atoms with E-state index >= 15 is 0 Å². The molecule has 3 rings (SSSR count). The Labute approximate surface area is 141 Å². The van der Waals surface area contributed by atoms with Crippen molar-refractivity contribution in [3.63, 3.8) is 0 Å². The highest BCUT2D eigenvalue weighted by Crippen LogP contribution is 2.14. The fraction of sp³-hybridized carbons (Fsp3) is 0.444. The Bertz CT molecular complexity index is 792. The summed E-state index contributed by atoms with van der Waals surface area (Å²) in [6, 6.07) is 8.02. The Morgan fingerprint density at radius 3 is 2.67 bits per heavy atom. The second-order valence-corrected chi connectivity index (χ2v) is 6.18. The molecule has 1 aromatic carbocycles. The molecule has 1 aliphatic rings. The number of fused-ring (bicyclic) bond motifs is 1. The summed E-state index contributed by atoms with van der Waals surface area (Å²) < 4.78 is 5.03. The van der Waals surface area contributed by atoms with Gasteiger partial charge in [0.25, 0.3) is 5.56 Å². The Hall–Kier alpha value is -2.34. The Kier molecular flexibility index (Phi) is 4.85. The van der Waals surface area contributed by atoms with E-state index in [1.165, 1.54) is 0 Å². The van der Waals surface area contributed by atoms with E-state index in [0.717, 1.165) is 35.1 Å². The van der Waals surface area contributed by atoms with Crippen molar-refractivity contribution in [3.8, 4) is 0 Å². The predicted octanol–water partition coefficient (Wildman–Crippen LogP) is 2.11. The molecule has 0 bridgehead atoms. The van der Waals surface area contributed by atoms with Gasteiger partial charge >= 0.3 is 6.09 Å². The van der Waals surface area contributed by atoms with Crippen molar-refractivity contribution in [2.45, 2.75) is 20.4 Å². The first-order chi connectivity index (χ1) is 11.6. The molecule has 1 N–H and O–H groups in total. The van der Waals surface area contributed by atoms with Crippen molar-refractivity contribution in [1.29, 1.82) is 0 Å². The quantitative estimate of drug-likeness (QED) is 0.937. The summed E-state index contributed by atoms with van der Waals surface area (Å²) in [5.41, 5.74) is 2.72. The van der Waals surface area contributed by atoms with Crippen molar-refractivity contribution >= 4 is 17.0 Å². The van der Waals surface area contributed by atoms with Gasteiger partial charge in [0.1, 0.15) is 0 Å². The first kappa shape index (κ1) is 16.5. The van der Waals surface area contributed by atoms with E-state index in [0.29, 0.717) is 26.2 Å². The fourth-order valence-corrected chi connectivity index (χ4v) is 3.02. The molecule has 128 valence electrons. The smallest absolute Gasteiger partial charge is 0.409 e. The lowest BCUT2D eigenvalue weighted by molar-refractivity contribution is 0.0777. The van der Waals surface area contributed by atoms with Crippen LogP contribution in [0.4, 0.5) is 4.79 Å². The number of carbonyl (C=O) groups is 1. The molecule has 0 spiro atoms. The number of hydrogen-bond donors (Lipinski definition) is 1. The fourth-order valence-electron chi connectivity index (χ4n) is 3.02. The number of aromatic nitrogens is 1. The third-order valence-electron chi connectivity index (χ3n) is 4.37. The zero-order chi connectivity index (χ0) is 17.1. The molecule has 24 heavy (non-hydrogen) atoms. The SMILES string of the molecule is CCOC(=O)N1CCN(Cc2cc3ccc(C)cc3[nH]c2=O)CC1. The number of ether oxygens (including phenoxy) is 1. The van der Waals surface area contributed by atoms with E-state index in [4.69, 9.17) is 4.74 Å². The highest BCUT2D eigenvalue weighted by atomic mass is 16.6. The minimum Gasteiger partial charge on any atom is -0.450 e. The van der Waals surface area contributed by atoms with Gasteiger partial charge in [-0.05, 0) is 36.9 Å². The third kappa shape index (κ3) is 3.59. The zero-order valence-electron chi connectivity index (χ0n) is 14.2. The molecule has 6 heteroatoms. The molecule has 0 saturated carbocycles. The van der Waals surface area contributed by atoms with Gasteiger partial charge in [0, 0.05) is 43.8 Å². The third-order valence-corrected chi connectivity index (χ3v) is 4.37. The number of aromatic amines is 1. The molecule has 0 radical (unpaired) electrons. The molecular weight excluding hydrogens is 306 g/mol. The topological polar surface area (TPSA) is 65.6 Å². The van der Waals surface area contributed by atoms with Gasteiger partial charge < -0.3 is 14.6 Å². The molecule has 0 aliphatic carbocycles. The van der Waals surface area contributed by atoms with Crippen LogP contribution in [0.5, 0.6) is 0 Å². The van der Waals surface area contributed by atoms with E-state index in [9.17, 15) is 9.59 Å². The van der Waals surface area contributed by atoms with Crippen molar-refractivity contribution in [2.75, 3.05) is 32.8 Å². The van der Waals surface area contributed by atoms with Gasteiger partial charge in [0.05, 0.1) is 6.61 Å². The largest absolute Gasteiger partial charge is 0.450 e. The van der Waals surface area contributed by atoms with Crippen LogP contribution in [0.25, 0.3) is 10.9 Å². The molecular formula is C18H23N3O3. The van der Waals surface area contributed by atoms with E-state index in [-0.39, 0.29) is 11.7 Å². The van der Waals surface area contributed by atoms with Crippen LogP contribution in [0, 0.1) is 6.92 Å². The zero-order valence-corrected chi connectivity index (χ0v) is 14.2. The monoisotopic (exact) mass is 329 g/mol. The van der Waals surface area contributed by atoms with E-state index in [2.05, 4.69) is 9.88 Å². The second-order valence-electron chi connectivity index (χ2n) is 6.18. The van der Waals surface area contributed by atoms with E-state index in [1.807, 2.05) is 38.1 Å². The number of amides is 1. The van der Waals surface area contributed by atoms with Crippen LogP contribution in [0.2, 0.25) is 0 Å². The first-order valence-electron chi connectivity index (χ1n) is 8.33. The minimum atomic E-state index is -0.254. The van der Waals surface area contributed by atoms with Crippen LogP contribution in [-0.2, 0) is 11.3 Å². The van der Waals surface area contributed by atoms with Gasteiger partial charge in [-0.3, -0.25) is 9.69 Å². The number of H-pyrrole nitrogens is 1. The summed E-state index contributed by atoms with van der Waals surface area (Å²) in [5, 5.41) is 1.04. The summed E-state index contributed by atoms with van der Waals surface area (Å²) in [7, 11) is 0. The maximum Gasteiger partial charge on any atom is 0.409 e. The molecule has 0 atom stereocenters. The molecule has 2 aromatic rings. The lowest BCUT2D eigenvalue weighted by Gasteiger charge is -2.33. The van der Waals surface area contributed by atoms with Gasteiger partial charge in [-0.1, -0.05) is 12.1 Å². The summed E-state index contributed by atoms with van der Waals surface area (Å²) >= 11 is 0. The molecule has 1 aromatic heterocycles. The van der Waals surface area contributed by atoms with E-state index < -0.39 is 0 Å². The van der Waals surface area contributed by atoms with Gasteiger partial charge in [-0.25, -0.2) is 4.79 Å². The molecule has 1 fully saturated rings. The number of piperazine rings is 1. The number of pyridine rings is 1. The summed E-state index contributed by atoms with van der Waals surface area (Å²) in [5.74, 6) is 0. The number of hydrogen-bond acceptors (Lipinski definition) is 4. The Morgan fingerprint density at radius 2 is 1.96 bits per heavy atom. The van der Waals surface area contributed by atoms with Crippen LogP contribution in [-0.4, -0.2) is 53.7 Å². The molecule has 6 nitrogen and oxygen atoms in total. The van der Waals surface area contributed by atoms with Crippen molar-refractivity contribution in [2.24, 2.45) is 0 Å². The number of carbonyl (C=O) groups excluding carboxylic acids is 1. The van der Waals surface area contributed by atoms with Crippen LogP contribution in [0.3, 0.4) is 0 Å². The Balaban J connectivity index is 1.68. The Morgan fingerprint density at radius 1 is 1.21 bits per heavy atom. The van der Waals surface area contributed by atoms with Gasteiger partial charge in [-0.15, -0.1) is 0 Å². The molecule has 1 saturated heterocycles. The molecule has 2 heterocycles. The van der Waals surface area contributed by atoms with Crippen LogP contribution in [0.1, 0.15) is 18.1 Å². The summed E-state index contributed by atoms with van der Waals surface area (Å²) in [6.07, 6.45) is -0.254. The standard InChI is InChI=1S/C18H23N3O3/c1-3-24-18(23)21-8-6-20(7-9-21)12-15-11-14-5-4-13(2)10-16(14)19-17(15)22/h4-5,10-11H,3,6-9,12H2,1-2H3,(H,19,22). The molecule has 1 aliphatic heterocycles. The van der Waals surface area contributed by atoms with Gasteiger partial charge in [-0.2, -0.15) is 0 Å². The van der Waals surface area contributed by atoms with E-state index in [1.54, 1.807) is 4.90 Å². The summed E-state index contributed by atoms with van der Waals surface area (Å²) in [6.45, 7) is 7.54. The maximum atomic E-state index is 12.3. The van der Waals surface area contributed by atoms with Crippen molar-refractivity contribution < 1.29 is 9.53 Å².